The van der Waals surface area contributed by atoms with E-state index in [1.165, 1.54) is 19.2 Å². The summed E-state index contributed by atoms with van der Waals surface area (Å²) in [4.78, 5) is 11.5. The largest absolute Gasteiger partial charge is 0.496 e. The maximum Gasteiger partial charge on any atom is 0.240 e. The van der Waals surface area contributed by atoms with Crippen LogP contribution in [-0.2, 0) is 21.4 Å². The summed E-state index contributed by atoms with van der Waals surface area (Å²) < 4.78 is 32.3. The summed E-state index contributed by atoms with van der Waals surface area (Å²) in [6.07, 6.45) is 0.367. The van der Waals surface area contributed by atoms with Crippen molar-refractivity contribution in [2.75, 3.05) is 26.7 Å². The highest BCUT2D eigenvalue weighted by atomic mass is 35.5. The van der Waals surface area contributed by atoms with Crippen LogP contribution in [0.5, 0.6) is 5.75 Å². The van der Waals surface area contributed by atoms with E-state index in [0.717, 1.165) is 6.54 Å². The predicted molar refractivity (Wildman–Crippen MR) is 96.1 cm³/mol. The second-order valence-corrected chi connectivity index (χ2v) is 6.62. The molecular weight excluding hydrogens is 354 g/mol. The van der Waals surface area contributed by atoms with E-state index in [1.54, 1.807) is 13.0 Å². The van der Waals surface area contributed by atoms with Crippen molar-refractivity contribution < 1.29 is 17.9 Å². The van der Waals surface area contributed by atoms with Crippen LogP contribution in [0.3, 0.4) is 0 Å². The van der Waals surface area contributed by atoms with Crippen LogP contribution < -0.4 is 20.1 Å². The van der Waals surface area contributed by atoms with Gasteiger partial charge in [-0.1, -0.05) is 13.8 Å². The number of amides is 1. The van der Waals surface area contributed by atoms with Gasteiger partial charge in [-0.25, -0.2) is 13.1 Å². The van der Waals surface area contributed by atoms with E-state index in [9.17, 15) is 13.2 Å². The SMILES string of the molecule is CCNCCNS(=O)(=O)c1ccc(OC)c(CNC(=O)CC)c1.Cl. The van der Waals surface area contributed by atoms with Crippen LogP contribution in [0, 0.1) is 0 Å². The zero-order valence-electron chi connectivity index (χ0n) is 14.2. The monoisotopic (exact) mass is 379 g/mol. The van der Waals surface area contributed by atoms with Crippen molar-refractivity contribution in [3.8, 4) is 5.75 Å². The van der Waals surface area contributed by atoms with Crippen molar-refractivity contribution >= 4 is 28.3 Å². The van der Waals surface area contributed by atoms with E-state index in [-0.39, 0.29) is 29.8 Å². The molecule has 1 amide bonds. The summed E-state index contributed by atoms with van der Waals surface area (Å²) in [6, 6.07) is 4.59. The number of hydrogen-bond acceptors (Lipinski definition) is 5. The average molecular weight is 380 g/mol. The van der Waals surface area contributed by atoms with Crippen LogP contribution in [0.1, 0.15) is 25.8 Å². The lowest BCUT2D eigenvalue weighted by Crippen LogP contribution is -2.32. The molecule has 9 heteroatoms. The van der Waals surface area contributed by atoms with Crippen molar-refractivity contribution in [3.05, 3.63) is 23.8 Å². The van der Waals surface area contributed by atoms with Crippen molar-refractivity contribution in [1.29, 1.82) is 0 Å². The van der Waals surface area contributed by atoms with Gasteiger partial charge in [-0.3, -0.25) is 4.79 Å². The fourth-order valence-corrected chi connectivity index (χ4v) is 3.00. The summed E-state index contributed by atoms with van der Waals surface area (Å²) in [5.41, 5.74) is 0.615. The van der Waals surface area contributed by atoms with Gasteiger partial charge >= 0.3 is 0 Å². The van der Waals surface area contributed by atoms with Crippen LogP contribution in [0.15, 0.2) is 23.1 Å². The molecule has 0 saturated carbocycles. The third-order valence-electron chi connectivity index (χ3n) is 3.20. The second-order valence-electron chi connectivity index (χ2n) is 4.86. The van der Waals surface area contributed by atoms with Gasteiger partial charge in [-0.2, -0.15) is 0 Å². The molecule has 1 rings (SSSR count). The summed E-state index contributed by atoms with van der Waals surface area (Å²) in [7, 11) is -2.09. The van der Waals surface area contributed by atoms with E-state index in [2.05, 4.69) is 15.4 Å². The zero-order chi connectivity index (χ0) is 17.3. The lowest BCUT2D eigenvalue weighted by molar-refractivity contribution is -0.120. The first-order chi connectivity index (χ1) is 10.9. The van der Waals surface area contributed by atoms with Crippen molar-refractivity contribution in [2.24, 2.45) is 0 Å². The maximum absolute atomic E-state index is 12.3. The number of carbonyl (C=O) groups is 1. The molecule has 0 aliphatic rings. The molecule has 0 aliphatic carbocycles. The van der Waals surface area contributed by atoms with Gasteiger partial charge < -0.3 is 15.4 Å². The number of ether oxygens (including phenoxy) is 1. The first kappa shape index (κ1) is 22.6. The molecule has 0 aliphatic heterocycles. The minimum Gasteiger partial charge on any atom is -0.496 e. The van der Waals surface area contributed by atoms with Gasteiger partial charge in [-0.15, -0.1) is 12.4 Å². The number of sulfonamides is 1. The van der Waals surface area contributed by atoms with Crippen LogP contribution in [0.4, 0.5) is 0 Å². The Morgan fingerprint density at radius 1 is 1.21 bits per heavy atom. The van der Waals surface area contributed by atoms with Gasteiger partial charge in [0.1, 0.15) is 5.75 Å². The molecule has 0 aromatic heterocycles. The molecule has 138 valence electrons. The number of carbonyl (C=O) groups excluding carboxylic acids is 1. The van der Waals surface area contributed by atoms with Gasteiger partial charge in [0.2, 0.25) is 15.9 Å². The maximum atomic E-state index is 12.3. The number of hydrogen-bond donors (Lipinski definition) is 3. The zero-order valence-corrected chi connectivity index (χ0v) is 15.9. The summed E-state index contributed by atoms with van der Waals surface area (Å²) >= 11 is 0. The molecule has 3 N–H and O–H groups in total. The molecule has 1 aromatic rings. The third-order valence-corrected chi connectivity index (χ3v) is 4.66. The van der Waals surface area contributed by atoms with Gasteiger partial charge in [-0.05, 0) is 24.7 Å². The van der Waals surface area contributed by atoms with Gasteiger partial charge in [0.25, 0.3) is 0 Å². The molecule has 0 radical (unpaired) electrons. The van der Waals surface area contributed by atoms with Gasteiger partial charge in [0.15, 0.2) is 0 Å². The Kier molecular flexibility index (Phi) is 10.6. The second kappa shape index (κ2) is 11.2. The number of likely N-dealkylation sites (N-methyl/N-ethyl adjacent to an activating group) is 1. The Morgan fingerprint density at radius 2 is 1.92 bits per heavy atom. The number of methoxy groups -OCH3 is 1. The molecule has 1 aromatic carbocycles. The third kappa shape index (κ3) is 7.04. The summed E-state index contributed by atoms with van der Waals surface area (Å²) in [6.45, 7) is 5.58. The van der Waals surface area contributed by atoms with Crippen LogP contribution in [0.25, 0.3) is 0 Å². The van der Waals surface area contributed by atoms with E-state index in [0.29, 0.717) is 30.8 Å². The lowest BCUT2D eigenvalue weighted by atomic mass is 10.2. The molecule has 0 atom stereocenters. The molecule has 0 heterocycles. The Bertz CT molecular complexity index is 623. The minimum absolute atomic E-state index is 0. The molecule has 0 spiro atoms. The molecule has 0 fully saturated rings. The van der Waals surface area contributed by atoms with Crippen molar-refractivity contribution in [2.45, 2.75) is 31.7 Å². The van der Waals surface area contributed by atoms with E-state index < -0.39 is 10.0 Å². The van der Waals surface area contributed by atoms with Crippen LogP contribution in [-0.4, -0.2) is 41.1 Å². The quantitative estimate of drug-likeness (QED) is 0.528. The van der Waals surface area contributed by atoms with Crippen LogP contribution in [0.2, 0.25) is 0 Å². The van der Waals surface area contributed by atoms with E-state index >= 15 is 0 Å². The minimum atomic E-state index is -3.59. The molecule has 0 unspecified atom stereocenters. The Labute approximate surface area is 150 Å². The van der Waals surface area contributed by atoms with Crippen molar-refractivity contribution in [1.82, 2.24) is 15.4 Å². The molecule has 0 bridgehead atoms. The highest BCUT2D eigenvalue weighted by molar-refractivity contribution is 7.89. The molecular formula is C15H26ClN3O4S. The smallest absolute Gasteiger partial charge is 0.240 e. The number of nitrogens with one attached hydrogen (secondary N) is 3. The molecule has 24 heavy (non-hydrogen) atoms. The number of benzene rings is 1. The number of rotatable bonds is 10. The normalized spacial score (nSPS) is 10.8. The Hall–Kier alpha value is -1.35. The highest BCUT2D eigenvalue weighted by Crippen LogP contribution is 2.22. The molecule has 0 saturated heterocycles. The summed E-state index contributed by atoms with van der Waals surface area (Å²) in [5.74, 6) is 0.428. The van der Waals surface area contributed by atoms with Crippen molar-refractivity contribution in [3.63, 3.8) is 0 Å². The van der Waals surface area contributed by atoms with Crippen LogP contribution >= 0.6 is 12.4 Å². The molecule has 7 nitrogen and oxygen atoms in total. The highest BCUT2D eigenvalue weighted by Gasteiger charge is 2.16. The number of halogens is 1. The van der Waals surface area contributed by atoms with E-state index in [4.69, 9.17) is 4.74 Å². The Morgan fingerprint density at radius 3 is 2.50 bits per heavy atom. The van der Waals surface area contributed by atoms with Gasteiger partial charge in [0.05, 0.1) is 12.0 Å². The lowest BCUT2D eigenvalue weighted by Gasteiger charge is -2.12. The standard InChI is InChI=1S/C15H25N3O4S.ClH/c1-4-15(19)17-11-12-10-13(6-7-14(12)22-3)23(20,21)18-9-8-16-5-2;/h6-7,10,16,18H,4-5,8-9,11H2,1-3H3,(H,17,19);1H. The van der Waals surface area contributed by atoms with Gasteiger partial charge in [0, 0.05) is 31.6 Å². The first-order valence-electron chi connectivity index (χ1n) is 7.58. The first-order valence-corrected chi connectivity index (χ1v) is 9.06. The summed E-state index contributed by atoms with van der Waals surface area (Å²) in [5, 5.41) is 5.76. The topological polar surface area (TPSA) is 96.5 Å². The average Bonchev–Trinajstić information content (AvgIpc) is 2.56. The van der Waals surface area contributed by atoms with E-state index in [1.807, 2.05) is 6.92 Å². The fourth-order valence-electron chi connectivity index (χ4n) is 1.91. The predicted octanol–water partition coefficient (Wildman–Crippen LogP) is 1.03. The Balaban J connectivity index is 0.00000529. The fraction of sp³-hybridized carbons (Fsp3) is 0.533.